The topological polar surface area (TPSA) is 155 Å². The number of piperidine rings is 1. The summed E-state index contributed by atoms with van der Waals surface area (Å²) >= 11 is 0. The van der Waals surface area contributed by atoms with E-state index in [-0.39, 0.29) is 19.6 Å². The SMILES string of the molecule is COCC(=O)NNC(=O)[C@@H]1CCC2CN1C(=O)N2OS(=O)(=O)O. The molecule has 0 aliphatic carbocycles. The molecule has 2 atom stereocenters. The zero-order valence-electron chi connectivity index (χ0n) is 12.1. The Hall–Kier alpha value is -1.96. The first-order valence-electron chi connectivity index (χ1n) is 6.57. The molecule has 2 aliphatic heterocycles. The maximum atomic E-state index is 12.1. The van der Waals surface area contributed by atoms with Crippen molar-refractivity contribution in [2.75, 3.05) is 20.3 Å². The predicted octanol–water partition coefficient (Wildman–Crippen LogP) is -2.22. The van der Waals surface area contributed by atoms with Gasteiger partial charge in [0.15, 0.2) is 0 Å². The van der Waals surface area contributed by atoms with Crippen molar-refractivity contribution in [2.24, 2.45) is 0 Å². The zero-order chi connectivity index (χ0) is 17.2. The van der Waals surface area contributed by atoms with Crippen molar-refractivity contribution >= 4 is 28.2 Å². The molecule has 2 heterocycles. The van der Waals surface area contributed by atoms with Gasteiger partial charge in [-0.25, -0.2) is 4.79 Å². The summed E-state index contributed by atoms with van der Waals surface area (Å²) < 4.78 is 39.0. The Morgan fingerprint density at radius 1 is 1.35 bits per heavy atom. The van der Waals surface area contributed by atoms with E-state index in [0.29, 0.717) is 11.5 Å². The third-order valence-electron chi connectivity index (χ3n) is 3.40. The van der Waals surface area contributed by atoms with Gasteiger partial charge in [0.05, 0.1) is 6.04 Å². The zero-order valence-corrected chi connectivity index (χ0v) is 12.9. The lowest BCUT2D eigenvalue weighted by Gasteiger charge is -2.29. The fraction of sp³-hybridized carbons (Fsp3) is 0.700. The molecule has 2 saturated heterocycles. The number of carbonyl (C=O) groups excluding carboxylic acids is 3. The van der Waals surface area contributed by atoms with E-state index in [1.807, 2.05) is 0 Å². The minimum absolute atomic E-state index is 0.0679. The highest BCUT2D eigenvalue weighted by atomic mass is 32.3. The number of urea groups is 1. The van der Waals surface area contributed by atoms with Gasteiger partial charge in [0, 0.05) is 13.7 Å². The van der Waals surface area contributed by atoms with Gasteiger partial charge in [-0.05, 0) is 12.8 Å². The molecule has 0 aromatic rings. The second kappa shape index (κ2) is 6.66. The summed E-state index contributed by atoms with van der Waals surface area (Å²) in [5.74, 6) is -1.20. The van der Waals surface area contributed by atoms with Crippen LogP contribution in [0, 0.1) is 0 Å². The van der Waals surface area contributed by atoms with E-state index in [0.717, 1.165) is 4.90 Å². The van der Waals surface area contributed by atoms with Crippen molar-refractivity contribution in [3.05, 3.63) is 0 Å². The number of hydrogen-bond donors (Lipinski definition) is 3. The summed E-state index contributed by atoms with van der Waals surface area (Å²) in [6.07, 6.45) is 0.537. The molecule has 0 aromatic heterocycles. The maximum absolute atomic E-state index is 12.1. The van der Waals surface area contributed by atoms with Crippen LogP contribution in [-0.2, 0) is 29.0 Å². The van der Waals surface area contributed by atoms with Gasteiger partial charge in [0.25, 0.3) is 11.8 Å². The van der Waals surface area contributed by atoms with Crippen LogP contribution >= 0.6 is 0 Å². The second-order valence-corrected chi connectivity index (χ2v) is 5.98. The van der Waals surface area contributed by atoms with Gasteiger partial charge in [-0.2, -0.15) is 13.5 Å². The molecule has 2 rings (SSSR count). The van der Waals surface area contributed by atoms with E-state index >= 15 is 0 Å². The molecular formula is C10H16N4O8S. The quantitative estimate of drug-likeness (QED) is 0.371. The number of nitrogens with one attached hydrogen (secondary N) is 2. The molecule has 130 valence electrons. The number of ether oxygens (including phenoxy) is 1. The smallest absolute Gasteiger partial charge is 0.375 e. The number of amides is 4. The summed E-state index contributed by atoms with van der Waals surface area (Å²) in [4.78, 5) is 36.4. The average molecular weight is 352 g/mol. The first-order valence-corrected chi connectivity index (χ1v) is 7.94. The molecule has 12 nitrogen and oxygen atoms in total. The minimum atomic E-state index is -4.84. The normalized spacial score (nSPS) is 23.8. The largest absolute Gasteiger partial charge is 0.418 e. The van der Waals surface area contributed by atoms with E-state index in [9.17, 15) is 22.8 Å². The van der Waals surface area contributed by atoms with Gasteiger partial charge in [-0.15, -0.1) is 4.28 Å². The monoisotopic (exact) mass is 352 g/mol. The Morgan fingerprint density at radius 3 is 2.65 bits per heavy atom. The molecular weight excluding hydrogens is 336 g/mol. The van der Waals surface area contributed by atoms with Crippen molar-refractivity contribution in [1.29, 1.82) is 0 Å². The van der Waals surface area contributed by atoms with Gasteiger partial charge in [0.1, 0.15) is 12.6 Å². The number of carbonyl (C=O) groups is 3. The molecule has 1 unspecified atom stereocenters. The van der Waals surface area contributed by atoms with Crippen LogP contribution in [0.5, 0.6) is 0 Å². The average Bonchev–Trinajstić information content (AvgIpc) is 2.69. The van der Waals surface area contributed by atoms with Crippen LogP contribution in [0.4, 0.5) is 4.79 Å². The molecule has 0 saturated carbocycles. The number of hydrazine groups is 1. The number of hydroxylamine groups is 2. The Morgan fingerprint density at radius 2 is 2.04 bits per heavy atom. The van der Waals surface area contributed by atoms with E-state index in [1.54, 1.807) is 0 Å². The van der Waals surface area contributed by atoms with Crippen molar-refractivity contribution in [3.63, 3.8) is 0 Å². The summed E-state index contributed by atoms with van der Waals surface area (Å²) in [6.45, 7) is -0.176. The summed E-state index contributed by atoms with van der Waals surface area (Å²) in [5, 5.41) is 0.534. The van der Waals surface area contributed by atoms with Gasteiger partial charge >= 0.3 is 16.4 Å². The highest BCUT2D eigenvalue weighted by Gasteiger charge is 2.49. The standard InChI is InChI=1S/C10H16N4O8S/c1-21-5-8(15)11-12-9(16)7-3-2-6-4-13(7)10(17)14(6)22-23(18,19)20/h6-7H,2-5H2,1H3,(H,11,15)(H,12,16)(H,18,19,20)/t6?,7-/m0/s1. The molecule has 3 N–H and O–H groups in total. The molecule has 2 bridgehead atoms. The van der Waals surface area contributed by atoms with Gasteiger partial charge in [0.2, 0.25) is 0 Å². The van der Waals surface area contributed by atoms with Gasteiger partial charge < -0.3 is 9.64 Å². The van der Waals surface area contributed by atoms with E-state index < -0.39 is 40.3 Å². The first kappa shape index (κ1) is 17.4. The summed E-state index contributed by atoms with van der Waals surface area (Å²) in [7, 11) is -3.52. The van der Waals surface area contributed by atoms with Crippen LogP contribution in [0.2, 0.25) is 0 Å². The number of hydrogen-bond acceptors (Lipinski definition) is 7. The molecule has 0 spiro atoms. The summed E-state index contributed by atoms with van der Waals surface area (Å²) in [5.41, 5.74) is 4.29. The molecule has 13 heteroatoms. The van der Waals surface area contributed by atoms with Gasteiger partial charge in [-0.3, -0.25) is 25.0 Å². The number of rotatable bonds is 5. The number of fused-ring (bicyclic) bond motifs is 2. The van der Waals surface area contributed by atoms with Crippen LogP contribution in [0.15, 0.2) is 0 Å². The Bertz CT molecular complexity index is 608. The Labute approximate surface area is 131 Å². The predicted molar refractivity (Wildman–Crippen MR) is 71.5 cm³/mol. The fourth-order valence-corrected chi connectivity index (χ4v) is 2.87. The summed E-state index contributed by atoms with van der Waals surface area (Å²) in [6, 6.07) is -2.33. The maximum Gasteiger partial charge on any atom is 0.418 e. The van der Waals surface area contributed by atoms with Crippen molar-refractivity contribution in [3.8, 4) is 0 Å². The Balaban J connectivity index is 1.98. The lowest BCUT2D eigenvalue weighted by Crippen LogP contribution is -2.54. The first-order chi connectivity index (χ1) is 10.7. The molecule has 0 radical (unpaired) electrons. The highest BCUT2D eigenvalue weighted by molar-refractivity contribution is 7.80. The fourth-order valence-electron chi connectivity index (χ4n) is 2.49. The molecule has 2 fully saturated rings. The van der Waals surface area contributed by atoms with Crippen molar-refractivity contribution < 1.29 is 36.4 Å². The van der Waals surface area contributed by atoms with Gasteiger partial charge in [-0.1, -0.05) is 0 Å². The molecule has 2 aliphatic rings. The van der Waals surface area contributed by atoms with E-state index in [1.165, 1.54) is 7.11 Å². The van der Waals surface area contributed by atoms with Crippen LogP contribution in [-0.4, -0.2) is 73.1 Å². The molecule has 23 heavy (non-hydrogen) atoms. The number of methoxy groups -OCH3 is 1. The van der Waals surface area contributed by atoms with Crippen LogP contribution < -0.4 is 10.9 Å². The molecule has 4 amide bonds. The van der Waals surface area contributed by atoms with Crippen molar-refractivity contribution in [1.82, 2.24) is 20.8 Å². The van der Waals surface area contributed by atoms with Crippen LogP contribution in [0.1, 0.15) is 12.8 Å². The third kappa shape index (κ3) is 4.07. The Kier molecular flexibility index (Phi) is 5.03. The second-order valence-electron chi connectivity index (χ2n) is 4.98. The van der Waals surface area contributed by atoms with E-state index in [2.05, 4.69) is 19.9 Å². The lowest BCUT2D eigenvalue weighted by atomic mass is 10.0. The minimum Gasteiger partial charge on any atom is -0.375 e. The van der Waals surface area contributed by atoms with Crippen LogP contribution in [0.25, 0.3) is 0 Å². The lowest BCUT2D eigenvalue weighted by molar-refractivity contribution is -0.133. The number of nitrogens with zero attached hydrogens (tertiary/aromatic N) is 2. The van der Waals surface area contributed by atoms with Crippen LogP contribution in [0.3, 0.4) is 0 Å². The van der Waals surface area contributed by atoms with Crippen molar-refractivity contribution in [2.45, 2.75) is 24.9 Å². The molecule has 0 aromatic carbocycles. The highest BCUT2D eigenvalue weighted by Crippen LogP contribution is 2.30. The van der Waals surface area contributed by atoms with E-state index in [4.69, 9.17) is 4.55 Å². The third-order valence-corrected chi connectivity index (χ3v) is 3.75.